The Balaban J connectivity index is 2.95. The van der Waals surface area contributed by atoms with Crippen LogP contribution in [0.15, 0.2) is 12.5 Å². The van der Waals surface area contributed by atoms with Gasteiger partial charge < -0.3 is 48.3 Å². The molecule has 5 unspecified atom stereocenters. The average molecular weight is 499 g/mol. The summed E-state index contributed by atoms with van der Waals surface area (Å²) in [6.07, 6.45) is 1.93. The van der Waals surface area contributed by atoms with Crippen LogP contribution in [0.5, 0.6) is 0 Å². The second-order valence-corrected chi connectivity index (χ2v) is 8.03. The molecule has 1 rings (SSSR count). The predicted molar refractivity (Wildman–Crippen MR) is 122 cm³/mol. The number of carboxylic acids is 1. The fourth-order valence-electron chi connectivity index (χ4n) is 3.09. The number of aliphatic hydroxyl groups excluding tert-OH is 1. The van der Waals surface area contributed by atoms with E-state index in [2.05, 4.69) is 25.9 Å². The zero-order valence-corrected chi connectivity index (χ0v) is 19.4. The smallest absolute Gasteiger partial charge is 0.326 e. The number of imidazole rings is 1. The molecule has 4 amide bonds. The van der Waals surface area contributed by atoms with Gasteiger partial charge in [0.15, 0.2) is 0 Å². The van der Waals surface area contributed by atoms with Gasteiger partial charge in [-0.15, -0.1) is 0 Å². The first-order valence-electron chi connectivity index (χ1n) is 11.0. The number of hydrogen-bond donors (Lipinski definition) is 9. The van der Waals surface area contributed by atoms with E-state index in [1.807, 2.05) is 0 Å². The van der Waals surface area contributed by atoms with E-state index >= 15 is 0 Å². The monoisotopic (exact) mass is 498 g/mol. The van der Waals surface area contributed by atoms with Crippen molar-refractivity contribution in [1.29, 1.82) is 0 Å². The van der Waals surface area contributed by atoms with Crippen molar-refractivity contribution in [2.45, 2.75) is 69.3 Å². The molecular formula is C20H34N8O7. The lowest BCUT2D eigenvalue weighted by atomic mass is 10.0. The SMILES string of the molecule is CC(O)C(NC(=O)C(N)CC(N)=O)C(=O)NC(CCCCN)C(=O)NC(Cc1cnc[nH]1)C(=O)O. The molecule has 1 heterocycles. The Labute approximate surface area is 201 Å². The van der Waals surface area contributed by atoms with Crippen LogP contribution in [0.2, 0.25) is 0 Å². The van der Waals surface area contributed by atoms with Crippen molar-refractivity contribution in [1.82, 2.24) is 25.9 Å². The molecule has 0 spiro atoms. The van der Waals surface area contributed by atoms with Crippen LogP contribution in [0.25, 0.3) is 0 Å². The summed E-state index contributed by atoms with van der Waals surface area (Å²) >= 11 is 0. The highest BCUT2D eigenvalue weighted by molar-refractivity contribution is 5.95. The molecule has 0 aliphatic heterocycles. The Morgan fingerprint density at radius 2 is 1.71 bits per heavy atom. The minimum atomic E-state index is -1.51. The van der Waals surface area contributed by atoms with Gasteiger partial charge in [-0.3, -0.25) is 19.2 Å². The molecule has 1 aromatic rings. The zero-order valence-electron chi connectivity index (χ0n) is 19.4. The van der Waals surface area contributed by atoms with Crippen molar-refractivity contribution in [3.8, 4) is 0 Å². The summed E-state index contributed by atoms with van der Waals surface area (Å²) in [5.74, 6) is -4.71. The van der Waals surface area contributed by atoms with Crippen LogP contribution in [0.4, 0.5) is 0 Å². The highest BCUT2D eigenvalue weighted by Gasteiger charge is 2.32. The van der Waals surface area contributed by atoms with Gasteiger partial charge in [-0.2, -0.15) is 0 Å². The third kappa shape index (κ3) is 10.5. The summed E-state index contributed by atoms with van der Waals surface area (Å²) < 4.78 is 0. The first-order chi connectivity index (χ1) is 16.5. The van der Waals surface area contributed by atoms with E-state index in [-0.39, 0.29) is 12.8 Å². The summed E-state index contributed by atoms with van der Waals surface area (Å²) in [4.78, 5) is 67.1. The summed E-state index contributed by atoms with van der Waals surface area (Å²) in [5, 5.41) is 26.6. The molecule has 196 valence electrons. The van der Waals surface area contributed by atoms with E-state index in [0.717, 1.165) is 0 Å². The van der Waals surface area contributed by atoms with Crippen molar-refractivity contribution in [3.63, 3.8) is 0 Å². The lowest BCUT2D eigenvalue weighted by Gasteiger charge is -2.26. The Kier molecular flexibility index (Phi) is 12.3. The number of carbonyl (C=O) groups is 5. The summed E-state index contributed by atoms with van der Waals surface area (Å²) in [6, 6.07) is -5.35. The zero-order chi connectivity index (χ0) is 26.5. The van der Waals surface area contributed by atoms with Crippen molar-refractivity contribution in [2.24, 2.45) is 17.2 Å². The number of nitrogens with zero attached hydrogens (tertiary/aromatic N) is 1. The largest absolute Gasteiger partial charge is 0.480 e. The topological polar surface area (TPSA) is 269 Å². The van der Waals surface area contributed by atoms with E-state index < -0.39 is 66.3 Å². The van der Waals surface area contributed by atoms with Gasteiger partial charge in [0.1, 0.15) is 18.1 Å². The minimum Gasteiger partial charge on any atom is -0.480 e. The number of aromatic amines is 1. The number of hydrogen-bond acceptors (Lipinski definition) is 9. The number of unbranched alkanes of at least 4 members (excludes halogenated alkanes) is 1. The van der Waals surface area contributed by atoms with Gasteiger partial charge in [0.05, 0.1) is 24.9 Å². The van der Waals surface area contributed by atoms with Crippen LogP contribution in [-0.4, -0.2) is 86.6 Å². The minimum absolute atomic E-state index is 0.0748. The number of H-pyrrole nitrogens is 1. The fraction of sp³-hybridized carbons (Fsp3) is 0.600. The number of carbonyl (C=O) groups excluding carboxylic acids is 4. The second-order valence-electron chi connectivity index (χ2n) is 8.03. The number of rotatable bonds is 16. The third-order valence-electron chi connectivity index (χ3n) is 4.99. The summed E-state index contributed by atoms with van der Waals surface area (Å²) in [5.41, 5.74) is 16.6. The number of amides is 4. The molecule has 1 aromatic heterocycles. The Hall–Kier alpha value is -3.56. The Bertz CT molecular complexity index is 862. The molecule has 0 saturated carbocycles. The Morgan fingerprint density at radius 3 is 2.23 bits per heavy atom. The number of aliphatic hydroxyl groups is 1. The molecule has 35 heavy (non-hydrogen) atoms. The quantitative estimate of drug-likeness (QED) is 0.100. The van der Waals surface area contributed by atoms with E-state index in [4.69, 9.17) is 17.2 Å². The molecule has 12 N–H and O–H groups in total. The molecule has 0 radical (unpaired) electrons. The molecule has 0 aliphatic rings. The molecular weight excluding hydrogens is 464 g/mol. The van der Waals surface area contributed by atoms with E-state index in [1.165, 1.54) is 19.4 Å². The first-order valence-corrected chi connectivity index (χ1v) is 11.0. The predicted octanol–water partition coefficient (Wildman–Crippen LogP) is -3.80. The van der Waals surface area contributed by atoms with Crippen LogP contribution in [-0.2, 0) is 30.4 Å². The highest BCUT2D eigenvalue weighted by atomic mass is 16.4. The standard InChI is InChI=1S/C20H34N8O7/c1-10(29)16(28-17(31)12(22)7-15(23)30)19(33)26-13(4-2-3-5-21)18(32)27-14(20(34)35)6-11-8-24-9-25-11/h8-10,12-14,16,29H,2-7,21-22H2,1H3,(H2,23,30)(H,24,25)(H,26,33)(H,27,32)(H,28,31)(H,34,35). The maximum Gasteiger partial charge on any atom is 0.326 e. The van der Waals surface area contributed by atoms with Gasteiger partial charge in [0.25, 0.3) is 0 Å². The van der Waals surface area contributed by atoms with Crippen LogP contribution < -0.4 is 33.2 Å². The van der Waals surface area contributed by atoms with Gasteiger partial charge >= 0.3 is 5.97 Å². The van der Waals surface area contributed by atoms with Gasteiger partial charge in [-0.25, -0.2) is 9.78 Å². The fourth-order valence-corrected chi connectivity index (χ4v) is 3.09. The molecule has 0 fully saturated rings. The maximum absolute atomic E-state index is 12.9. The normalized spacial score (nSPS) is 15.2. The molecule has 0 aliphatic carbocycles. The van der Waals surface area contributed by atoms with Crippen molar-refractivity contribution < 1.29 is 34.2 Å². The lowest BCUT2D eigenvalue weighted by molar-refractivity contribution is -0.142. The van der Waals surface area contributed by atoms with Gasteiger partial charge in [0, 0.05) is 18.3 Å². The molecule has 0 bridgehead atoms. The van der Waals surface area contributed by atoms with Crippen molar-refractivity contribution >= 4 is 29.6 Å². The van der Waals surface area contributed by atoms with Crippen molar-refractivity contribution in [3.05, 3.63) is 18.2 Å². The summed E-state index contributed by atoms with van der Waals surface area (Å²) in [6.45, 7) is 1.57. The molecule has 0 saturated heterocycles. The molecule has 15 nitrogen and oxygen atoms in total. The lowest BCUT2D eigenvalue weighted by Crippen LogP contribution is -2.60. The van der Waals surface area contributed by atoms with E-state index in [0.29, 0.717) is 25.1 Å². The van der Waals surface area contributed by atoms with Crippen LogP contribution in [0, 0.1) is 0 Å². The van der Waals surface area contributed by atoms with Crippen LogP contribution in [0.3, 0.4) is 0 Å². The first kappa shape index (κ1) is 29.5. The number of nitrogens with two attached hydrogens (primary N) is 3. The Morgan fingerprint density at radius 1 is 1.06 bits per heavy atom. The van der Waals surface area contributed by atoms with E-state index in [1.54, 1.807) is 0 Å². The number of nitrogens with one attached hydrogen (secondary N) is 4. The second kappa shape index (κ2) is 14.6. The molecule has 15 heteroatoms. The van der Waals surface area contributed by atoms with Crippen LogP contribution in [0.1, 0.15) is 38.3 Å². The average Bonchev–Trinajstić information content (AvgIpc) is 3.28. The third-order valence-corrected chi connectivity index (χ3v) is 4.99. The van der Waals surface area contributed by atoms with E-state index in [9.17, 15) is 34.2 Å². The van der Waals surface area contributed by atoms with Crippen molar-refractivity contribution in [2.75, 3.05) is 6.54 Å². The van der Waals surface area contributed by atoms with Crippen LogP contribution >= 0.6 is 0 Å². The number of carboxylic acid groups (broad SMARTS) is 1. The number of aliphatic carboxylic acids is 1. The maximum atomic E-state index is 12.9. The molecule has 5 atom stereocenters. The number of primary amides is 1. The van der Waals surface area contributed by atoms with Gasteiger partial charge in [-0.1, -0.05) is 0 Å². The van der Waals surface area contributed by atoms with Gasteiger partial charge in [0.2, 0.25) is 23.6 Å². The molecule has 0 aromatic carbocycles. The number of aromatic nitrogens is 2. The summed E-state index contributed by atoms with van der Waals surface area (Å²) in [7, 11) is 0. The highest BCUT2D eigenvalue weighted by Crippen LogP contribution is 2.06. The van der Waals surface area contributed by atoms with Gasteiger partial charge in [-0.05, 0) is 32.7 Å².